The third kappa shape index (κ3) is 3.14. The maximum Gasteiger partial charge on any atom is 0.309 e. The fraction of sp³-hybridized carbons (Fsp3) is 0.867. The van der Waals surface area contributed by atoms with Crippen LogP contribution in [0, 0.1) is 5.41 Å². The molecule has 0 aromatic heterocycles. The highest BCUT2D eigenvalue weighted by atomic mass is 16.4. The van der Waals surface area contributed by atoms with Crippen LogP contribution < -0.4 is 5.73 Å². The van der Waals surface area contributed by atoms with E-state index in [-0.39, 0.29) is 5.91 Å². The molecule has 1 heterocycles. The number of carbonyl (C=O) groups excluding carboxylic acids is 1. The zero-order valence-electron chi connectivity index (χ0n) is 12.9. The van der Waals surface area contributed by atoms with Gasteiger partial charge in [-0.3, -0.25) is 9.59 Å². The number of hydrogen-bond acceptors (Lipinski definition) is 3. The Hall–Kier alpha value is -1.10. The predicted octanol–water partition coefficient (Wildman–Crippen LogP) is 2.00. The standard InChI is InChI=1S/C15H28N2O3/c1-4-7-14(13(19)20)8-10-17(11-9-14)12(18)15(16,5-2)6-3/h4-11,16H2,1-3H3,(H,19,20). The molecule has 5 heteroatoms. The Morgan fingerprint density at radius 1 is 1.20 bits per heavy atom. The summed E-state index contributed by atoms with van der Waals surface area (Å²) in [7, 11) is 0. The molecule has 1 amide bonds. The lowest BCUT2D eigenvalue weighted by Crippen LogP contribution is -2.57. The SMILES string of the molecule is CCCC1(C(=O)O)CCN(C(=O)C(N)(CC)CC)CC1. The molecule has 0 radical (unpaired) electrons. The van der Waals surface area contributed by atoms with E-state index >= 15 is 0 Å². The molecule has 3 N–H and O–H groups in total. The first kappa shape index (κ1) is 17.0. The second-order valence-electron chi connectivity index (χ2n) is 5.99. The molecule has 20 heavy (non-hydrogen) atoms. The molecule has 1 rings (SSSR count). The Morgan fingerprint density at radius 2 is 1.70 bits per heavy atom. The van der Waals surface area contributed by atoms with Gasteiger partial charge in [-0.2, -0.15) is 0 Å². The van der Waals surface area contributed by atoms with Gasteiger partial charge in [0.15, 0.2) is 0 Å². The number of hydrogen-bond donors (Lipinski definition) is 2. The normalized spacial score (nSPS) is 18.9. The Kier molecular flexibility index (Phi) is 5.57. The minimum atomic E-state index is -0.798. The van der Waals surface area contributed by atoms with Crippen molar-refractivity contribution in [3.63, 3.8) is 0 Å². The zero-order chi connectivity index (χ0) is 15.4. The average molecular weight is 284 g/mol. The lowest BCUT2D eigenvalue weighted by Gasteiger charge is -2.41. The third-order valence-electron chi connectivity index (χ3n) is 4.88. The molecule has 0 saturated carbocycles. The van der Waals surface area contributed by atoms with Gasteiger partial charge in [0.05, 0.1) is 11.0 Å². The van der Waals surface area contributed by atoms with Crippen molar-refractivity contribution in [2.75, 3.05) is 13.1 Å². The van der Waals surface area contributed by atoms with Gasteiger partial charge in [-0.05, 0) is 32.1 Å². The van der Waals surface area contributed by atoms with E-state index in [1.54, 1.807) is 4.90 Å². The van der Waals surface area contributed by atoms with Crippen LogP contribution >= 0.6 is 0 Å². The van der Waals surface area contributed by atoms with Gasteiger partial charge in [0, 0.05) is 13.1 Å². The Labute approximate surface area is 121 Å². The van der Waals surface area contributed by atoms with Crippen molar-refractivity contribution in [3.05, 3.63) is 0 Å². The van der Waals surface area contributed by atoms with Crippen LogP contribution in [0.3, 0.4) is 0 Å². The fourth-order valence-corrected chi connectivity index (χ4v) is 3.05. The molecular weight excluding hydrogens is 256 g/mol. The molecule has 0 unspecified atom stereocenters. The van der Waals surface area contributed by atoms with E-state index in [1.165, 1.54) is 0 Å². The summed E-state index contributed by atoms with van der Waals surface area (Å²) in [5, 5.41) is 9.47. The minimum Gasteiger partial charge on any atom is -0.481 e. The van der Waals surface area contributed by atoms with Crippen LogP contribution in [0.1, 0.15) is 59.3 Å². The van der Waals surface area contributed by atoms with Gasteiger partial charge < -0.3 is 15.7 Å². The lowest BCUT2D eigenvalue weighted by atomic mass is 9.74. The molecule has 1 saturated heterocycles. The number of aliphatic carboxylic acids is 1. The number of amides is 1. The summed E-state index contributed by atoms with van der Waals surface area (Å²) in [5.41, 5.74) is 4.70. The first-order valence-electron chi connectivity index (χ1n) is 7.67. The summed E-state index contributed by atoms with van der Waals surface area (Å²) < 4.78 is 0. The van der Waals surface area contributed by atoms with Crippen LogP contribution in [0.2, 0.25) is 0 Å². The van der Waals surface area contributed by atoms with Gasteiger partial charge in [0.25, 0.3) is 0 Å². The number of carboxylic acid groups (broad SMARTS) is 1. The molecule has 0 bridgehead atoms. The molecule has 0 aromatic carbocycles. The molecule has 0 aromatic rings. The summed E-state index contributed by atoms with van der Waals surface area (Å²) in [4.78, 5) is 25.8. The first-order valence-corrected chi connectivity index (χ1v) is 7.67. The van der Waals surface area contributed by atoms with Crippen LogP contribution in [-0.2, 0) is 9.59 Å². The van der Waals surface area contributed by atoms with E-state index in [1.807, 2.05) is 20.8 Å². The number of piperidine rings is 1. The van der Waals surface area contributed by atoms with Gasteiger partial charge >= 0.3 is 5.97 Å². The van der Waals surface area contributed by atoms with E-state index in [0.29, 0.717) is 45.2 Å². The van der Waals surface area contributed by atoms with Gasteiger partial charge in [-0.25, -0.2) is 0 Å². The van der Waals surface area contributed by atoms with Gasteiger partial charge in [-0.1, -0.05) is 27.2 Å². The van der Waals surface area contributed by atoms with Crippen molar-refractivity contribution < 1.29 is 14.7 Å². The predicted molar refractivity (Wildman–Crippen MR) is 78.3 cm³/mol. The van der Waals surface area contributed by atoms with E-state index in [9.17, 15) is 14.7 Å². The van der Waals surface area contributed by atoms with E-state index in [0.717, 1.165) is 6.42 Å². The molecule has 5 nitrogen and oxygen atoms in total. The second-order valence-corrected chi connectivity index (χ2v) is 5.99. The molecule has 0 atom stereocenters. The van der Waals surface area contributed by atoms with Gasteiger partial charge in [0.2, 0.25) is 5.91 Å². The lowest BCUT2D eigenvalue weighted by molar-refractivity contribution is -0.156. The quantitative estimate of drug-likeness (QED) is 0.781. The van der Waals surface area contributed by atoms with Crippen molar-refractivity contribution in [2.24, 2.45) is 11.1 Å². The van der Waals surface area contributed by atoms with E-state index < -0.39 is 16.9 Å². The average Bonchev–Trinajstić information content (AvgIpc) is 2.46. The summed E-state index contributed by atoms with van der Waals surface area (Å²) in [6.45, 7) is 6.85. The molecule has 1 aliphatic rings. The molecular formula is C15H28N2O3. The van der Waals surface area contributed by atoms with Crippen molar-refractivity contribution in [1.82, 2.24) is 4.90 Å². The Balaban J connectivity index is 2.75. The Morgan fingerprint density at radius 3 is 2.05 bits per heavy atom. The van der Waals surface area contributed by atoms with Crippen LogP contribution in [0.25, 0.3) is 0 Å². The first-order chi connectivity index (χ1) is 9.35. The van der Waals surface area contributed by atoms with Crippen LogP contribution in [-0.4, -0.2) is 40.5 Å². The monoisotopic (exact) mass is 284 g/mol. The largest absolute Gasteiger partial charge is 0.481 e. The second kappa shape index (κ2) is 6.57. The van der Waals surface area contributed by atoms with Crippen molar-refractivity contribution in [3.8, 4) is 0 Å². The Bertz CT molecular complexity index is 356. The maximum atomic E-state index is 12.5. The highest BCUT2D eigenvalue weighted by molar-refractivity contribution is 5.86. The zero-order valence-corrected chi connectivity index (χ0v) is 12.9. The van der Waals surface area contributed by atoms with E-state index in [4.69, 9.17) is 5.73 Å². The number of carbonyl (C=O) groups is 2. The number of nitrogens with two attached hydrogens (primary N) is 1. The number of likely N-dealkylation sites (tertiary alicyclic amines) is 1. The minimum absolute atomic E-state index is 0.0296. The van der Waals surface area contributed by atoms with Gasteiger partial charge in [-0.15, -0.1) is 0 Å². The van der Waals surface area contributed by atoms with Crippen molar-refractivity contribution >= 4 is 11.9 Å². The molecule has 116 valence electrons. The summed E-state index contributed by atoms with van der Waals surface area (Å²) in [5.74, 6) is -0.755. The van der Waals surface area contributed by atoms with Crippen LogP contribution in [0.4, 0.5) is 0 Å². The molecule has 0 spiro atoms. The number of rotatable bonds is 6. The fourth-order valence-electron chi connectivity index (χ4n) is 3.05. The van der Waals surface area contributed by atoms with Crippen LogP contribution in [0.5, 0.6) is 0 Å². The smallest absolute Gasteiger partial charge is 0.309 e. The maximum absolute atomic E-state index is 12.5. The van der Waals surface area contributed by atoms with E-state index in [2.05, 4.69) is 0 Å². The molecule has 1 aliphatic heterocycles. The summed E-state index contributed by atoms with van der Waals surface area (Å²) in [6, 6.07) is 0. The summed E-state index contributed by atoms with van der Waals surface area (Å²) in [6.07, 6.45) is 3.82. The number of carboxylic acids is 1. The molecule has 1 fully saturated rings. The highest BCUT2D eigenvalue weighted by Gasteiger charge is 2.43. The van der Waals surface area contributed by atoms with Crippen molar-refractivity contribution in [2.45, 2.75) is 64.8 Å². The van der Waals surface area contributed by atoms with Crippen molar-refractivity contribution in [1.29, 1.82) is 0 Å². The number of nitrogens with zero attached hydrogens (tertiary/aromatic N) is 1. The van der Waals surface area contributed by atoms with Crippen LogP contribution in [0.15, 0.2) is 0 Å². The third-order valence-corrected chi connectivity index (χ3v) is 4.88. The molecule has 0 aliphatic carbocycles. The highest BCUT2D eigenvalue weighted by Crippen LogP contribution is 2.37. The summed E-state index contributed by atoms with van der Waals surface area (Å²) >= 11 is 0. The van der Waals surface area contributed by atoms with Gasteiger partial charge in [0.1, 0.15) is 0 Å². The topological polar surface area (TPSA) is 83.6 Å².